The number of benzene rings is 1. The molecule has 1 fully saturated rings. The van der Waals surface area contributed by atoms with E-state index in [0.29, 0.717) is 6.42 Å². The molecule has 3 rings (SSSR count). The summed E-state index contributed by atoms with van der Waals surface area (Å²) in [5.74, 6) is 0.206. The maximum Gasteiger partial charge on any atom is 0.228 e. The second-order valence-electron chi connectivity index (χ2n) is 6.12. The SMILES string of the molecule is Cc1cccc2c1N(C(=O)CC1(N)CCC1)CCC2. The number of fused-ring (bicyclic) bond motifs is 1. The van der Waals surface area contributed by atoms with Gasteiger partial charge in [-0.15, -0.1) is 0 Å². The van der Waals surface area contributed by atoms with Crippen molar-refractivity contribution in [3.05, 3.63) is 29.3 Å². The lowest BCUT2D eigenvalue weighted by molar-refractivity contribution is -0.120. The minimum Gasteiger partial charge on any atom is -0.325 e. The third kappa shape index (κ3) is 2.27. The topological polar surface area (TPSA) is 46.3 Å². The fraction of sp³-hybridized carbons (Fsp3) is 0.562. The van der Waals surface area contributed by atoms with Crippen LogP contribution in [0.25, 0.3) is 0 Å². The van der Waals surface area contributed by atoms with E-state index in [1.54, 1.807) is 0 Å². The van der Waals surface area contributed by atoms with Gasteiger partial charge in [-0.1, -0.05) is 18.2 Å². The predicted octanol–water partition coefficient (Wildman–Crippen LogP) is 2.55. The molecule has 0 spiro atoms. The molecule has 0 aromatic heterocycles. The van der Waals surface area contributed by atoms with Gasteiger partial charge in [0.25, 0.3) is 0 Å². The zero-order chi connectivity index (χ0) is 13.5. The summed E-state index contributed by atoms with van der Waals surface area (Å²) in [4.78, 5) is 14.5. The van der Waals surface area contributed by atoms with Crippen LogP contribution in [0.2, 0.25) is 0 Å². The smallest absolute Gasteiger partial charge is 0.228 e. The number of nitrogens with zero attached hydrogens (tertiary/aromatic N) is 1. The van der Waals surface area contributed by atoms with Crippen LogP contribution in [0.15, 0.2) is 18.2 Å². The van der Waals surface area contributed by atoms with Crippen molar-refractivity contribution in [2.45, 2.75) is 51.0 Å². The van der Waals surface area contributed by atoms with Gasteiger partial charge >= 0.3 is 0 Å². The highest BCUT2D eigenvalue weighted by atomic mass is 16.2. The Hall–Kier alpha value is -1.35. The molecule has 3 heteroatoms. The molecule has 1 aliphatic heterocycles. The molecule has 2 N–H and O–H groups in total. The first kappa shape index (κ1) is 12.7. The highest BCUT2D eigenvalue weighted by molar-refractivity contribution is 5.96. The van der Waals surface area contributed by atoms with E-state index in [0.717, 1.165) is 37.9 Å². The standard InChI is InChI=1S/C16H22N2O/c1-12-5-2-6-13-7-3-10-18(15(12)13)14(19)11-16(17)8-4-9-16/h2,5-6H,3-4,7-11,17H2,1H3. The van der Waals surface area contributed by atoms with Crippen LogP contribution in [0, 0.1) is 6.92 Å². The summed E-state index contributed by atoms with van der Waals surface area (Å²) in [5, 5.41) is 0. The zero-order valence-corrected chi connectivity index (χ0v) is 11.6. The molecule has 1 heterocycles. The lowest BCUT2D eigenvalue weighted by atomic mass is 9.75. The Morgan fingerprint density at radius 3 is 2.84 bits per heavy atom. The lowest BCUT2D eigenvalue weighted by Gasteiger charge is -2.40. The van der Waals surface area contributed by atoms with Crippen molar-refractivity contribution in [1.82, 2.24) is 0 Å². The van der Waals surface area contributed by atoms with Crippen LogP contribution in [-0.2, 0) is 11.2 Å². The number of amides is 1. The van der Waals surface area contributed by atoms with Gasteiger partial charge in [-0.25, -0.2) is 0 Å². The fourth-order valence-electron chi connectivity index (χ4n) is 3.30. The van der Waals surface area contributed by atoms with Crippen LogP contribution in [0.1, 0.15) is 43.2 Å². The molecule has 0 bridgehead atoms. The van der Waals surface area contributed by atoms with Crippen molar-refractivity contribution in [2.24, 2.45) is 5.73 Å². The molecule has 1 amide bonds. The Bertz CT molecular complexity index is 505. The molecule has 1 aliphatic carbocycles. The van der Waals surface area contributed by atoms with Gasteiger partial charge in [-0.3, -0.25) is 4.79 Å². The number of carbonyl (C=O) groups excluding carboxylic acids is 1. The maximum atomic E-state index is 12.6. The van der Waals surface area contributed by atoms with Crippen molar-refractivity contribution in [3.63, 3.8) is 0 Å². The molecule has 3 nitrogen and oxygen atoms in total. The Morgan fingerprint density at radius 2 is 2.16 bits per heavy atom. The molecule has 0 radical (unpaired) electrons. The molecule has 1 aromatic rings. The Kier molecular flexibility index (Phi) is 3.09. The molecule has 1 saturated carbocycles. The number of aryl methyl sites for hydroxylation is 2. The molecule has 1 aromatic carbocycles. The molecular formula is C16H22N2O. The van der Waals surface area contributed by atoms with E-state index in [1.807, 2.05) is 4.90 Å². The summed E-state index contributed by atoms with van der Waals surface area (Å²) in [6.45, 7) is 2.93. The van der Waals surface area contributed by atoms with Gasteiger partial charge in [0.15, 0.2) is 0 Å². The number of hydrogen-bond donors (Lipinski definition) is 1. The normalized spacial score (nSPS) is 20.6. The number of hydrogen-bond acceptors (Lipinski definition) is 2. The maximum absolute atomic E-state index is 12.6. The largest absolute Gasteiger partial charge is 0.325 e. The van der Waals surface area contributed by atoms with Crippen molar-refractivity contribution in [3.8, 4) is 0 Å². The van der Waals surface area contributed by atoms with Gasteiger partial charge in [0.05, 0.1) is 0 Å². The first-order valence-electron chi connectivity index (χ1n) is 7.27. The minimum atomic E-state index is -0.225. The second kappa shape index (κ2) is 4.64. The zero-order valence-electron chi connectivity index (χ0n) is 11.6. The molecular weight excluding hydrogens is 236 g/mol. The first-order chi connectivity index (χ1) is 9.09. The fourth-order valence-corrected chi connectivity index (χ4v) is 3.30. The average Bonchev–Trinajstić information content (AvgIpc) is 2.36. The van der Waals surface area contributed by atoms with Gasteiger partial charge < -0.3 is 10.6 Å². The number of rotatable bonds is 2. The predicted molar refractivity (Wildman–Crippen MR) is 77.2 cm³/mol. The van der Waals surface area contributed by atoms with Crippen molar-refractivity contribution < 1.29 is 4.79 Å². The highest BCUT2D eigenvalue weighted by Crippen LogP contribution is 2.35. The van der Waals surface area contributed by atoms with Crippen LogP contribution in [0.5, 0.6) is 0 Å². The van der Waals surface area contributed by atoms with Crippen molar-refractivity contribution >= 4 is 11.6 Å². The van der Waals surface area contributed by atoms with E-state index in [-0.39, 0.29) is 11.4 Å². The summed E-state index contributed by atoms with van der Waals surface area (Å²) in [6, 6.07) is 6.31. The van der Waals surface area contributed by atoms with E-state index in [4.69, 9.17) is 5.73 Å². The van der Waals surface area contributed by atoms with Crippen molar-refractivity contribution in [2.75, 3.05) is 11.4 Å². The summed E-state index contributed by atoms with van der Waals surface area (Å²) in [6.07, 6.45) is 5.79. The number of anilines is 1. The molecule has 2 aliphatic rings. The van der Waals surface area contributed by atoms with Gasteiger partial charge in [-0.2, -0.15) is 0 Å². The van der Waals surface area contributed by atoms with E-state index < -0.39 is 0 Å². The van der Waals surface area contributed by atoms with Crippen LogP contribution in [0.4, 0.5) is 5.69 Å². The van der Waals surface area contributed by atoms with E-state index >= 15 is 0 Å². The molecule has 0 unspecified atom stereocenters. The van der Waals surface area contributed by atoms with Crippen molar-refractivity contribution in [1.29, 1.82) is 0 Å². The molecule has 0 atom stereocenters. The van der Waals surface area contributed by atoms with Crippen LogP contribution >= 0.6 is 0 Å². The summed E-state index contributed by atoms with van der Waals surface area (Å²) >= 11 is 0. The number of carbonyl (C=O) groups is 1. The quantitative estimate of drug-likeness (QED) is 0.886. The van der Waals surface area contributed by atoms with Gasteiger partial charge in [-0.05, 0) is 50.2 Å². The molecule has 0 saturated heterocycles. The van der Waals surface area contributed by atoms with Gasteiger partial charge in [0, 0.05) is 24.2 Å². The van der Waals surface area contributed by atoms with E-state index in [1.165, 1.54) is 17.5 Å². The third-order valence-electron chi connectivity index (χ3n) is 4.57. The lowest BCUT2D eigenvalue weighted by Crippen LogP contribution is -2.51. The third-order valence-corrected chi connectivity index (χ3v) is 4.57. The van der Waals surface area contributed by atoms with Crippen LogP contribution in [-0.4, -0.2) is 18.0 Å². The van der Waals surface area contributed by atoms with E-state index in [2.05, 4.69) is 25.1 Å². The first-order valence-corrected chi connectivity index (χ1v) is 7.27. The van der Waals surface area contributed by atoms with Gasteiger partial charge in [0.1, 0.15) is 0 Å². The van der Waals surface area contributed by atoms with Crippen LogP contribution < -0.4 is 10.6 Å². The minimum absolute atomic E-state index is 0.206. The second-order valence-corrected chi connectivity index (χ2v) is 6.12. The summed E-state index contributed by atoms with van der Waals surface area (Å²) < 4.78 is 0. The highest BCUT2D eigenvalue weighted by Gasteiger charge is 2.37. The Labute approximate surface area is 114 Å². The Morgan fingerprint density at radius 1 is 1.37 bits per heavy atom. The monoisotopic (exact) mass is 258 g/mol. The summed E-state index contributed by atoms with van der Waals surface area (Å²) in [7, 11) is 0. The molecule has 19 heavy (non-hydrogen) atoms. The van der Waals surface area contributed by atoms with Gasteiger partial charge in [0.2, 0.25) is 5.91 Å². The van der Waals surface area contributed by atoms with Crippen LogP contribution in [0.3, 0.4) is 0 Å². The average molecular weight is 258 g/mol. The number of para-hydroxylation sites is 1. The van der Waals surface area contributed by atoms with E-state index in [9.17, 15) is 4.79 Å². The molecule has 102 valence electrons. The number of nitrogens with two attached hydrogens (primary N) is 1. The Balaban J connectivity index is 1.85. The summed E-state index contributed by atoms with van der Waals surface area (Å²) in [5.41, 5.74) is 9.64.